The number of anilines is 1. The minimum absolute atomic E-state index is 0.0409. The van der Waals surface area contributed by atoms with E-state index in [0.29, 0.717) is 11.6 Å². The number of hydrogen-bond acceptors (Lipinski definition) is 2. The van der Waals surface area contributed by atoms with Crippen LogP contribution in [0.3, 0.4) is 0 Å². The van der Waals surface area contributed by atoms with E-state index in [4.69, 9.17) is 0 Å². The number of hydrogen-bond donors (Lipinski definition) is 1. The van der Waals surface area contributed by atoms with Crippen LogP contribution in [0.15, 0.2) is 36.5 Å². The normalized spacial score (nSPS) is 18.2. The second kappa shape index (κ2) is 6.54. The lowest BCUT2D eigenvalue weighted by Crippen LogP contribution is -2.17. The molecule has 1 aromatic carbocycles. The molecule has 2 aromatic rings. The Kier molecular flexibility index (Phi) is 4.58. The van der Waals surface area contributed by atoms with E-state index in [-0.39, 0.29) is 11.0 Å². The average Bonchev–Trinajstić information content (AvgIpc) is 2.86. The van der Waals surface area contributed by atoms with E-state index in [0.717, 1.165) is 18.4 Å². The summed E-state index contributed by atoms with van der Waals surface area (Å²) in [5.41, 5.74) is 2.53. The summed E-state index contributed by atoms with van der Waals surface area (Å²) in [6, 6.07) is 8.72. The van der Waals surface area contributed by atoms with E-state index in [9.17, 15) is 13.6 Å². The van der Waals surface area contributed by atoms with Gasteiger partial charge in [-0.15, -0.1) is 0 Å². The molecule has 3 nitrogen and oxygen atoms in total. The van der Waals surface area contributed by atoms with Gasteiger partial charge in [-0.3, -0.25) is 9.78 Å². The van der Waals surface area contributed by atoms with Crippen LogP contribution in [0.4, 0.5) is 14.5 Å². The van der Waals surface area contributed by atoms with Gasteiger partial charge in [-0.2, -0.15) is 0 Å². The van der Waals surface area contributed by atoms with Crippen LogP contribution in [0.1, 0.15) is 73.1 Å². The predicted octanol–water partition coefficient (Wildman–Crippen LogP) is 5.45. The number of alkyl halides is 2. The highest BCUT2D eigenvalue weighted by molar-refractivity contribution is 6.05. The van der Waals surface area contributed by atoms with Crippen LogP contribution < -0.4 is 5.32 Å². The van der Waals surface area contributed by atoms with Gasteiger partial charge in [0.25, 0.3) is 12.3 Å². The maximum absolute atomic E-state index is 13.1. The van der Waals surface area contributed by atoms with Gasteiger partial charge in [0.15, 0.2) is 0 Å². The smallest absolute Gasteiger partial charge is 0.281 e. The van der Waals surface area contributed by atoms with Gasteiger partial charge < -0.3 is 5.32 Å². The van der Waals surface area contributed by atoms with Gasteiger partial charge in [0, 0.05) is 11.9 Å². The van der Waals surface area contributed by atoms with Crippen LogP contribution in [-0.4, -0.2) is 10.9 Å². The highest BCUT2D eigenvalue weighted by atomic mass is 19.3. The van der Waals surface area contributed by atoms with Crippen molar-refractivity contribution in [3.63, 3.8) is 0 Å². The SMILES string of the molecule is CC[C@H]1CC(C)(C)c2cccc(NC(=O)c3cccnc3C(F)F)c21. The lowest BCUT2D eigenvalue weighted by molar-refractivity contribution is 0.100. The van der Waals surface area contributed by atoms with E-state index in [2.05, 4.69) is 37.1 Å². The summed E-state index contributed by atoms with van der Waals surface area (Å²) in [7, 11) is 0. The van der Waals surface area contributed by atoms with Gasteiger partial charge in [0.1, 0.15) is 5.69 Å². The molecule has 0 saturated carbocycles. The molecule has 0 bridgehead atoms. The van der Waals surface area contributed by atoms with Gasteiger partial charge in [0.05, 0.1) is 5.56 Å². The first kappa shape index (κ1) is 17.5. The van der Waals surface area contributed by atoms with Crippen molar-refractivity contribution in [2.75, 3.05) is 5.32 Å². The number of benzene rings is 1. The van der Waals surface area contributed by atoms with Crippen molar-refractivity contribution in [1.82, 2.24) is 4.98 Å². The van der Waals surface area contributed by atoms with Gasteiger partial charge in [-0.1, -0.05) is 32.9 Å². The molecule has 132 valence electrons. The number of rotatable bonds is 4. The first-order valence-corrected chi connectivity index (χ1v) is 8.53. The molecule has 0 radical (unpaired) electrons. The molecule has 1 N–H and O–H groups in total. The maximum atomic E-state index is 13.1. The summed E-state index contributed by atoms with van der Waals surface area (Å²) in [5, 5.41) is 2.84. The third kappa shape index (κ3) is 3.15. The van der Waals surface area contributed by atoms with Crippen molar-refractivity contribution in [1.29, 1.82) is 0 Å². The Morgan fingerprint density at radius 3 is 2.76 bits per heavy atom. The number of carbonyl (C=O) groups excluding carboxylic acids is 1. The van der Waals surface area contributed by atoms with Gasteiger partial charge in [-0.25, -0.2) is 8.78 Å². The number of halogens is 2. The summed E-state index contributed by atoms with van der Waals surface area (Å²) in [6.07, 6.45) is 0.471. The van der Waals surface area contributed by atoms with Gasteiger partial charge in [-0.05, 0) is 53.5 Å². The van der Waals surface area contributed by atoms with Crippen molar-refractivity contribution in [3.8, 4) is 0 Å². The fourth-order valence-electron chi connectivity index (χ4n) is 3.85. The Bertz CT molecular complexity index is 802. The number of amides is 1. The standard InChI is InChI=1S/C20H22F2N2O/c1-4-12-11-20(2,3)14-8-5-9-15(16(12)14)24-19(25)13-7-6-10-23-17(13)18(21)22/h5-10,12,18H,4,11H2,1-3H3,(H,24,25)/t12-/m0/s1. The van der Waals surface area contributed by atoms with Crippen LogP contribution in [0.5, 0.6) is 0 Å². The molecule has 0 spiro atoms. The number of nitrogens with one attached hydrogen (secondary N) is 1. The van der Waals surface area contributed by atoms with Crippen LogP contribution in [0.25, 0.3) is 0 Å². The minimum atomic E-state index is -2.79. The Hall–Kier alpha value is -2.30. The fourth-order valence-corrected chi connectivity index (χ4v) is 3.85. The van der Waals surface area contributed by atoms with Crippen LogP contribution >= 0.6 is 0 Å². The number of aromatic nitrogens is 1. The third-order valence-electron chi connectivity index (χ3n) is 5.03. The van der Waals surface area contributed by atoms with Crippen LogP contribution in [-0.2, 0) is 5.41 Å². The number of pyridine rings is 1. The topological polar surface area (TPSA) is 42.0 Å². The zero-order valence-corrected chi connectivity index (χ0v) is 14.6. The maximum Gasteiger partial charge on any atom is 0.281 e. The molecule has 0 unspecified atom stereocenters. The monoisotopic (exact) mass is 344 g/mol. The minimum Gasteiger partial charge on any atom is -0.322 e. The Labute approximate surface area is 146 Å². The van der Waals surface area contributed by atoms with Crippen molar-refractivity contribution < 1.29 is 13.6 Å². The Morgan fingerprint density at radius 2 is 2.08 bits per heavy atom. The second-order valence-corrected chi connectivity index (χ2v) is 7.15. The molecule has 1 aliphatic carbocycles. The molecule has 1 heterocycles. The molecule has 1 amide bonds. The fraction of sp³-hybridized carbons (Fsp3) is 0.400. The van der Waals surface area contributed by atoms with Crippen LogP contribution in [0, 0.1) is 0 Å². The van der Waals surface area contributed by atoms with Crippen molar-refractivity contribution in [3.05, 3.63) is 58.9 Å². The lowest BCUT2D eigenvalue weighted by Gasteiger charge is -2.19. The van der Waals surface area contributed by atoms with Crippen molar-refractivity contribution >= 4 is 11.6 Å². The van der Waals surface area contributed by atoms with E-state index < -0.39 is 18.0 Å². The van der Waals surface area contributed by atoms with Gasteiger partial charge in [0.2, 0.25) is 0 Å². The number of fused-ring (bicyclic) bond motifs is 1. The summed E-state index contributed by atoms with van der Waals surface area (Å²) in [6.45, 7) is 6.52. The molecule has 3 rings (SSSR count). The largest absolute Gasteiger partial charge is 0.322 e. The Morgan fingerprint density at radius 1 is 1.32 bits per heavy atom. The zero-order chi connectivity index (χ0) is 18.2. The molecule has 0 aliphatic heterocycles. The molecule has 5 heteroatoms. The molecule has 25 heavy (non-hydrogen) atoms. The molecule has 0 fully saturated rings. The highest BCUT2D eigenvalue weighted by Gasteiger charge is 2.37. The molecule has 1 atom stereocenters. The molecular formula is C20H22F2N2O. The summed E-state index contributed by atoms with van der Waals surface area (Å²) >= 11 is 0. The first-order chi connectivity index (χ1) is 11.8. The van der Waals surface area contributed by atoms with Gasteiger partial charge >= 0.3 is 0 Å². The zero-order valence-electron chi connectivity index (χ0n) is 14.6. The number of nitrogens with zero attached hydrogens (tertiary/aromatic N) is 1. The number of carbonyl (C=O) groups is 1. The summed E-state index contributed by atoms with van der Waals surface area (Å²) in [4.78, 5) is 16.3. The average molecular weight is 344 g/mol. The van der Waals surface area contributed by atoms with Crippen LogP contribution in [0.2, 0.25) is 0 Å². The highest BCUT2D eigenvalue weighted by Crippen LogP contribution is 2.49. The lowest BCUT2D eigenvalue weighted by atomic mass is 9.86. The first-order valence-electron chi connectivity index (χ1n) is 8.53. The van der Waals surface area contributed by atoms with E-state index >= 15 is 0 Å². The van der Waals surface area contributed by atoms with Crippen molar-refractivity contribution in [2.45, 2.75) is 51.4 Å². The third-order valence-corrected chi connectivity index (χ3v) is 5.03. The van der Waals surface area contributed by atoms with E-state index in [1.807, 2.05) is 12.1 Å². The second-order valence-electron chi connectivity index (χ2n) is 7.15. The summed E-state index contributed by atoms with van der Waals surface area (Å²) < 4.78 is 26.2. The molecule has 1 aromatic heterocycles. The summed E-state index contributed by atoms with van der Waals surface area (Å²) in [5.74, 6) is -0.193. The predicted molar refractivity (Wildman–Crippen MR) is 94.3 cm³/mol. The molecule has 1 aliphatic rings. The van der Waals surface area contributed by atoms with Crippen molar-refractivity contribution in [2.24, 2.45) is 0 Å². The Balaban J connectivity index is 1.98. The molecular weight excluding hydrogens is 322 g/mol. The van der Waals surface area contributed by atoms with E-state index in [1.165, 1.54) is 23.9 Å². The molecule has 0 saturated heterocycles. The quantitative estimate of drug-likeness (QED) is 0.802. The van der Waals surface area contributed by atoms with E-state index in [1.54, 1.807) is 0 Å².